The van der Waals surface area contributed by atoms with E-state index in [0.717, 1.165) is 0 Å². The van der Waals surface area contributed by atoms with Gasteiger partial charge in [-0.2, -0.15) is 5.10 Å². The van der Waals surface area contributed by atoms with E-state index in [9.17, 15) is 9.59 Å². The Morgan fingerprint density at radius 1 is 1.32 bits per heavy atom. The van der Waals surface area contributed by atoms with Gasteiger partial charge in [-0.05, 0) is 13.0 Å². The number of rotatable bonds is 3. The van der Waals surface area contributed by atoms with Crippen molar-refractivity contribution in [1.29, 1.82) is 0 Å². The van der Waals surface area contributed by atoms with Gasteiger partial charge in [-0.25, -0.2) is 9.78 Å². The lowest BCUT2D eigenvalue weighted by atomic mass is 10.5. The summed E-state index contributed by atoms with van der Waals surface area (Å²) >= 11 is 0. The van der Waals surface area contributed by atoms with Crippen LogP contribution in [0, 0.1) is 0 Å². The number of hydrogen-bond acceptors (Lipinski definition) is 4. The molecule has 0 amide bonds. The zero-order valence-electron chi connectivity index (χ0n) is 10.3. The number of fused-ring (bicyclic) bond motifs is 1. The van der Waals surface area contributed by atoms with Gasteiger partial charge in [0.05, 0.1) is 6.54 Å². The van der Waals surface area contributed by atoms with E-state index in [1.54, 1.807) is 23.1 Å². The van der Waals surface area contributed by atoms with Gasteiger partial charge in [-0.3, -0.25) is 19.0 Å². The smallest absolute Gasteiger partial charge is 0.330 e. The summed E-state index contributed by atoms with van der Waals surface area (Å²) in [7, 11) is 0. The largest absolute Gasteiger partial charge is 0.335 e. The molecule has 3 rings (SSSR count). The number of aromatic amines is 2. The Bertz CT molecular complexity index is 823. The maximum Gasteiger partial charge on any atom is 0.330 e. The second-order valence-corrected chi connectivity index (χ2v) is 4.09. The third-order valence-corrected chi connectivity index (χ3v) is 2.87. The van der Waals surface area contributed by atoms with E-state index in [-0.39, 0.29) is 0 Å². The monoisotopic (exact) mass is 260 g/mol. The molecule has 3 heterocycles. The lowest BCUT2D eigenvalue weighted by Gasteiger charge is -1.99. The highest BCUT2D eigenvalue weighted by Gasteiger charge is 2.12. The minimum atomic E-state index is -0.455. The van der Waals surface area contributed by atoms with E-state index in [1.165, 1.54) is 4.57 Å². The standard InChI is InChI=1S/C11H12N6O2/c1-2-17-9-8(10(18)15-11(17)19)13-7(14-9)6-16-5-3-4-12-16/h3-5H,2,6H2,1H3,(H,13,14)(H,15,18,19). The molecule has 0 saturated heterocycles. The van der Waals surface area contributed by atoms with Gasteiger partial charge in [0, 0.05) is 18.9 Å². The fourth-order valence-corrected chi connectivity index (χ4v) is 2.00. The minimum Gasteiger partial charge on any atom is -0.335 e. The summed E-state index contributed by atoms with van der Waals surface area (Å²) in [4.78, 5) is 32.9. The van der Waals surface area contributed by atoms with Gasteiger partial charge in [0.2, 0.25) is 0 Å². The molecule has 2 N–H and O–H groups in total. The summed E-state index contributed by atoms with van der Waals surface area (Å²) in [6.07, 6.45) is 3.46. The van der Waals surface area contributed by atoms with Gasteiger partial charge in [0.15, 0.2) is 5.65 Å². The van der Waals surface area contributed by atoms with E-state index in [2.05, 4.69) is 20.1 Å². The molecule has 19 heavy (non-hydrogen) atoms. The molecular weight excluding hydrogens is 248 g/mol. The van der Waals surface area contributed by atoms with E-state index >= 15 is 0 Å². The molecule has 0 aliphatic heterocycles. The van der Waals surface area contributed by atoms with Crippen LogP contribution in [0.3, 0.4) is 0 Å². The predicted molar refractivity (Wildman–Crippen MR) is 68.0 cm³/mol. The quantitative estimate of drug-likeness (QED) is 0.673. The van der Waals surface area contributed by atoms with Crippen molar-refractivity contribution in [3.63, 3.8) is 0 Å². The summed E-state index contributed by atoms with van der Waals surface area (Å²) in [6, 6.07) is 1.80. The van der Waals surface area contributed by atoms with Gasteiger partial charge in [0.25, 0.3) is 5.56 Å². The average Bonchev–Trinajstić information content (AvgIpc) is 3.00. The first-order valence-electron chi connectivity index (χ1n) is 5.88. The molecule has 0 fully saturated rings. The van der Waals surface area contributed by atoms with Crippen LogP contribution in [-0.4, -0.2) is 29.3 Å². The lowest BCUT2D eigenvalue weighted by Crippen LogP contribution is -2.29. The lowest BCUT2D eigenvalue weighted by molar-refractivity contribution is 0.661. The van der Waals surface area contributed by atoms with E-state index in [1.807, 2.05) is 6.92 Å². The molecule has 0 aliphatic rings. The van der Waals surface area contributed by atoms with Gasteiger partial charge in [-0.1, -0.05) is 0 Å². The van der Waals surface area contributed by atoms with Crippen LogP contribution < -0.4 is 11.2 Å². The number of nitrogens with one attached hydrogen (secondary N) is 2. The average molecular weight is 260 g/mol. The van der Waals surface area contributed by atoms with Crippen LogP contribution >= 0.6 is 0 Å². The van der Waals surface area contributed by atoms with Crippen molar-refractivity contribution in [1.82, 2.24) is 29.3 Å². The Kier molecular flexibility index (Phi) is 2.55. The molecular formula is C11H12N6O2. The molecule has 3 aromatic rings. The third kappa shape index (κ3) is 1.86. The SMILES string of the molecule is CCn1c(=O)[nH]c(=O)c2[nH]c(Cn3cccn3)nc21. The van der Waals surface area contributed by atoms with Crippen LogP contribution in [0.4, 0.5) is 0 Å². The number of hydrogen-bond donors (Lipinski definition) is 2. The molecule has 0 aromatic carbocycles. The van der Waals surface area contributed by atoms with Crippen molar-refractivity contribution < 1.29 is 0 Å². The number of imidazole rings is 1. The predicted octanol–water partition coefficient (Wildman–Crippen LogP) is -0.322. The highest BCUT2D eigenvalue weighted by atomic mass is 16.2. The minimum absolute atomic E-state index is 0.309. The van der Waals surface area contributed by atoms with Crippen LogP contribution in [0.2, 0.25) is 0 Å². The molecule has 98 valence electrons. The molecule has 0 unspecified atom stereocenters. The molecule has 0 saturated carbocycles. The second kappa shape index (κ2) is 4.23. The Balaban J connectivity index is 2.17. The summed E-state index contributed by atoms with van der Waals surface area (Å²) in [5, 5.41) is 4.07. The van der Waals surface area contributed by atoms with Crippen molar-refractivity contribution in [2.75, 3.05) is 0 Å². The van der Waals surface area contributed by atoms with Crippen molar-refractivity contribution in [3.05, 3.63) is 45.1 Å². The van der Waals surface area contributed by atoms with E-state index in [0.29, 0.717) is 30.1 Å². The summed E-state index contributed by atoms with van der Waals surface area (Å²) in [5.41, 5.74) is -0.219. The van der Waals surface area contributed by atoms with Gasteiger partial charge in [0.1, 0.15) is 11.3 Å². The number of aromatic nitrogens is 6. The molecule has 0 atom stereocenters. The van der Waals surface area contributed by atoms with E-state index < -0.39 is 11.2 Å². The normalized spacial score (nSPS) is 11.2. The van der Waals surface area contributed by atoms with Crippen molar-refractivity contribution in [3.8, 4) is 0 Å². The van der Waals surface area contributed by atoms with Crippen molar-refractivity contribution in [2.24, 2.45) is 0 Å². The van der Waals surface area contributed by atoms with Crippen LogP contribution in [0.25, 0.3) is 11.2 Å². The molecule has 0 radical (unpaired) electrons. The van der Waals surface area contributed by atoms with Crippen LogP contribution in [0.5, 0.6) is 0 Å². The summed E-state index contributed by atoms with van der Waals surface area (Å²) < 4.78 is 3.10. The Morgan fingerprint density at radius 2 is 2.16 bits per heavy atom. The highest BCUT2D eigenvalue weighted by molar-refractivity contribution is 5.69. The molecule has 0 spiro atoms. The maximum absolute atomic E-state index is 11.7. The second-order valence-electron chi connectivity index (χ2n) is 4.09. The number of aryl methyl sites for hydroxylation is 1. The molecule has 0 bridgehead atoms. The highest BCUT2D eigenvalue weighted by Crippen LogP contribution is 2.05. The van der Waals surface area contributed by atoms with Gasteiger partial charge in [-0.15, -0.1) is 0 Å². The molecule has 8 nitrogen and oxygen atoms in total. The first-order valence-corrected chi connectivity index (χ1v) is 5.88. The molecule has 3 aromatic heterocycles. The van der Waals surface area contributed by atoms with Gasteiger partial charge < -0.3 is 4.98 Å². The van der Waals surface area contributed by atoms with Gasteiger partial charge >= 0.3 is 5.69 Å². The van der Waals surface area contributed by atoms with Crippen LogP contribution in [0.15, 0.2) is 28.0 Å². The first kappa shape index (κ1) is 11.5. The Morgan fingerprint density at radius 3 is 2.84 bits per heavy atom. The zero-order valence-corrected chi connectivity index (χ0v) is 10.3. The Labute approximate surface area is 106 Å². The first-order chi connectivity index (χ1) is 9.19. The van der Waals surface area contributed by atoms with Crippen LogP contribution in [-0.2, 0) is 13.1 Å². The fourth-order valence-electron chi connectivity index (χ4n) is 2.00. The zero-order chi connectivity index (χ0) is 13.4. The molecule has 8 heteroatoms. The van der Waals surface area contributed by atoms with Crippen LogP contribution in [0.1, 0.15) is 12.7 Å². The van der Waals surface area contributed by atoms with Crippen molar-refractivity contribution in [2.45, 2.75) is 20.0 Å². The summed E-state index contributed by atoms with van der Waals surface area (Å²) in [6.45, 7) is 2.68. The van der Waals surface area contributed by atoms with Crippen molar-refractivity contribution >= 4 is 11.2 Å². The topological polar surface area (TPSA) is 101 Å². The number of H-pyrrole nitrogens is 2. The fraction of sp³-hybridized carbons (Fsp3) is 0.273. The van der Waals surface area contributed by atoms with E-state index in [4.69, 9.17) is 0 Å². The number of nitrogens with zero attached hydrogens (tertiary/aromatic N) is 4. The summed E-state index contributed by atoms with van der Waals surface area (Å²) in [5.74, 6) is 0.581. The third-order valence-electron chi connectivity index (χ3n) is 2.87. The Hall–Kier alpha value is -2.64. The maximum atomic E-state index is 11.7. The molecule has 0 aliphatic carbocycles.